The van der Waals surface area contributed by atoms with Crippen LogP contribution < -0.4 is 73.2 Å². The van der Waals surface area contributed by atoms with Crippen molar-refractivity contribution in [2.75, 3.05) is 9.80 Å². The van der Waals surface area contributed by atoms with E-state index in [1.54, 1.807) is 0 Å². The Balaban J connectivity index is 0.862. The maximum absolute atomic E-state index is 8.58. The lowest BCUT2D eigenvalue weighted by Gasteiger charge is -2.48. The molecule has 25 rings (SSSR count). The van der Waals surface area contributed by atoms with E-state index in [1.165, 1.54) is 11.0 Å². The summed E-state index contributed by atoms with van der Waals surface area (Å²) in [5.41, 5.74) is 37.9. The van der Waals surface area contributed by atoms with E-state index >= 15 is 0 Å². The third kappa shape index (κ3) is 10.5. The third-order valence-corrected chi connectivity index (χ3v) is 26.3. The van der Waals surface area contributed by atoms with Gasteiger partial charge in [-0.25, -0.2) is 0 Å². The van der Waals surface area contributed by atoms with Gasteiger partial charge in [-0.3, -0.25) is 0 Å². The average molecular weight is 1540 g/mol. The van der Waals surface area contributed by atoms with E-state index in [0.717, 1.165) is 229 Å². The quantitative estimate of drug-likeness (QED) is 0.128. The van der Waals surface area contributed by atoms with Crippen LogP contribution in [0.4, 0.5) is 34.1 Å². The van der Waals surface area contributed by atoms with Crippen LogP contribution in [0, 0.1) is 0 Å². The van der Waals surface area contributed by atoms with E-state index in [1.807, 2.05) is 0 Å². The van der Waals surface area contributed by atoms with Gasteiger partial charge in [-0.1, -0.05) is 367 Å². The van der Waals surface area contributed by atoms with E-state index in [4.69, 9.17) is 14.2 Å². The first-order valence-corrected chi connectivity index (χ1v) is 42.1. The van der Waals surface area contributed by atoms with E-state index in [2.05, 4.69) is 429 Å². The molecule has 1 aromatic heterocycles. The fraction of sp³-hybridized carbons (Fsp3) is 0.0357. The first-order valence-electron chi connectivity index (χ1n) is 42.1. The summed E-state index contributed by atoms with van der Waals surface area (Å²) in [6.07, 6.45) is 0. The zero-order chi connectivity index (χ0) is 79.9. The van der Waals surface area contributed by atoms with Crippen molar-refractivity contribution in [3.63, 3.8) is 0 Å². The molecule has 6 nitrogen and oxygen atoms in total. The lowest BCUT2D eigenvalue weighted by molar-refractivity contribution is 0.470. The van der Waals surface area contributed by atoms with Crippen molar-refractivity contribution in [1.29, 1.82) is 0 Å². The predicted molar refractivity (Wildman–Crippen MR) is 506 cm³/mol. The zero-order valence-electron chi connectivity index (χ0n) is 66.8. The van der Waals surface area contributed by atoms with Crippen molar-refractivity contribution in [1.82, 2.24) is 4.57 Å². The normalized spacial score (nSPS) is 13.2. The highest BCUT2D eigenvalue weighted by atomic mass is 16.5. The lowest BCUT2D eigenvalue weighted by Crippen LogP contribution is -2.66. The van der Waals surface area contributed by atoms with Gasteiger partial charge in [0, 0.05) is 66.9 Å². The first kappa shape index (κ1) is 69.1. The minimum Gasteiger partial charge on any atom is -0.459 e. The molecule has 0 spiro atoms. The average Bonchev–Trinajstić information content (AvgIpc) is 1.63. The molecule has 0 radical (unpaired) electrons. The summed E-state index contributed by atoms with van der Waals surface area (Å²) < 4.78 is 27.2. The molecule has 6 aliphatic heterocycles. The second-order valence-corrected chi connectivity index (χ2v) is 34.0. The minimum absolute atomic E-state index is 0.321. The molecule has 0 bridgehead atoms. The standard InChI is InChI=1S/C112H74B3N3O3/c1-112(2,3)81-66-93-101-94(67-81)118(107-84(75-44-24-10-25-45-75)51-31-52-85(107)76-46-26-11-27-47-76)96-68-95-103-110(102(96)114(101)87-58-54-79(71-36-16-6-17-37-71)64-92(87)117(93)106-82(73-40-20-8-21-41-73)49-30-50-83(106)74-42-22-9-23-43-74)121-99-65-80(72-38-18-7-19-39-72)55-59-88(99)115(103)104-108-100(86-48-28-29-53-91(86)116(95)108)109-105-111(104)120-98-61-57-78(70-34-14-5-15-35-70)63-90(98)113(105)89-62-77(56-60-97(89)119-109)69-32-12-4-13-33-69/h4-68H,1-3H3. The molecule has 18 aromatic carbocycles. The van der Waals surface area contributed by atoms with Gasteiger partial charge in [-0.15, -0.1) is 0 Å². The fourth-order valence-corrected chi connectivity index (χ4v) is 20.9. The number of rotatable bonds is 10. The SMILES string of the molecule is CC(C)(C)c1cc2c3c(c1)N(c1c(-c4ccccc4)cccc1-c1ccccc1)c1cc4c5c(c1B3c1ccc(-c3ccccc3)cc1N2c1c(-c2ccccc2)cccc1-c1ccccc1)Oc1cc(-c2ccccc2)ccc1B5c1c2c3c(c5c6ccccc6n-4c15)Oc1ccc(-c4ccccc4)cc1B3c1cc(-c3ccccc3)ccc1O2. The summed E-state index contributed by atoms with van der Waals surface area (Å²) >= 11 is 0. The number of fused-ring (bicyclic) bond motifs is 18. The van der Waals surface area contributed by atoms with Crippen LogP contribution in [-0.2, 0) is 5.41 Å². The maximum atomic E-state index is 8.58. The van der Waals surface area contributed by atoms with Gasteiger partial charge in [0.05, 0.1) is 22.4 Å². The molecule has 6 aliphatic rings. The van der Waals surface area contributed by atoms with E-state index in [9.17, 15) is 0 Å². The second kappa shape index (κ2) is 26.7. The molecular formula is C112H74B3N3O3. The van der Waals surface area contributed by atoms with Crippen molar-refractivity contribution >= 4 is 125 Å². The number of nitrogens with zero attached hydrogens (tertiary/aromatic N) is 3. The van der Waals surface area contributed by atoms with Crippen LogP contribution in [0.3, 0.4) is 0 Å². The van der Waals surface area contributed by atoms with Gasteiger partial charge in [0.1, 0.15) is 34.5 Å². The smallest absolute Gasteiger partial charge is 0.261 e. The molecule has 0 aliphatic carbocycles. The summed E-state index contributed by atoms with van der Waals surface area (Å²) in [5, 5.41) is 2.12. The predicted octanol–water partition coefficient (Wildman–Crippen LogP) is 23.2. The Labute approximate surface area is 704 Å². The zero-order valence-corrected chi connectivity index (χ0v) is 66.8. The Morgan fingerprint density at radius 1 is 0.240 bits per heavy atom. The van der Waals surface area contributed by atoms with E-state index in [-0.39, 0.29) is 12.1 Å². The van der Waals surface area contributed by atoms with Gasteiger partial charge in [-0.05, 0) is 170 Å². The van der Waals surface area contributed by atoms with Crippen molar-refractivity contribution in [3.05, 3.63) is 400 Å². The summed E-state index contributed by atoms with van der Waals surface area (Å²) in [4.78, 5) is 5.38. The molecular weight excluding hydrogens is 1470 g/mol. The first-order chi connectivity index (χ1) is 59.7. The number of hydrogen-bond acceptors (Lipinski definition) is 5. The van der Waals surface area contributed by atoms with Gasteiger partial charge < -0.3 is 28.6 Å². The molecule has 7 heterocycles. The van der Waals surface area contributed by atoms with Crippen LogP contribution in [0.1, 0.15) is 26.3 Å². The fourth-order valence-electron chi connectivity index (χ4n) is 20.9. The van der Waals surface area contributed by atoms with Crippen LogP contribution in [0.2, 0.25) is 0 Å². The molecule has 9 heteroatoms. The van der Waals surface area contributed by atoms with Gasteiger partial charge in [0.15, 0.2) is 0 Å². The Bertz CT molecular complexity index is 7360. The number of para-hydroxylation sites is 3. The molecule has 564 valence electrons. The number of anilines is 6. The Morgan fingerprint density at radius 3 is 1.09 bits per heavy atom. The number of benzene rings is 18. The van der Waals surface area contributed by atoms with Gasteiger partial charge in [-0.2, -0.15) is 0 Å². The van der Waals surface area contributed by atoms with Crippen LogP contribution in [0.25, 0.3) is 117 Å². The molecule has 121 heavy (non-hydrogen) atoms. The van der Waals surface area contributed by atoms with Crippen LogP contribution in [-0.4, -0.2) is 24.7 Å². The number of aromatic nitrogens is 1. The van der Waals surface area contributed by atoms with Crippen molar-refractivity contribution in [2.24, 2.45) is 0 Å². The summed E-state index contributed by atoms with van der Waals surface area (Å²) in [7, 11) is 0. The minimum atomic E-state index is -0.480. The van der Waals surface area contributed by atoms with Gasteiger partial charge >= 0.3 is 0 Å². The molecule has 0 unspecified atom stereocenters. The maximum Gasteiger partial charge on any atom is 0.261 e. The Morgan fingerprint density at radius 2 is 0.612 bits per heavy atom. The number of ether oxygens (including phenoxy) is 3. The van der Waals surface area contributed by atoms with Crippen LogP contribution in [0.5, 0.6) is 34.5 Å². The highest BCUT2D eigenvalue weighted by molar-refractivity contribution is 7.05. The van der Waals surface area contributed by atoms with Gasteiger partial charge in [0.2, 0.25) is 0 Å². The van der Waals surface area contributed by atoms with Crippen molar-refractivity contribution in [3.8, 4) is 129 Å². The molecule has 0 fully saturated rings. The van der Waals surface area contributed by atoms with Crippen molar-refractivity contribution in [2.45, 2.75) is 26.2 Å². The molecule has 0 atom stereocenters. The molecule has 0 amide bonds. The topological polar surface area (TPSA) is 39.1 Å². The molecule has 19 aromatic rings. The van der Waals surface area contributed by atoms with E-state index in [0.29, 0.717) is 0 Å². The van der Waals surface area contributed by atoms with Crippen molar-refractivity contribution < 1.29 is 14.2 Å². The van der Waals surface area contributed by atoms with Gasteiger partial charge in [0.25, 0.3) is 20.1 Å². The Hall–Kier alpha value is -15.0. The molecule has 0 saturated heterocycles. The lowest BCUT2D eigenvalue weighted by atomic mass is 9.29. The largest absolute Gasteiger partial charge is 0.459 e. The second-order valence-electron chi connectivity index (χ2n) is 34.0. The summed E-state index contributed by atoms with van der Waals surface area (Å²) in [6, 6.07) is 146. The third-order valence-electron chi connectivity index (χ3n) is 26.3. The van der Waals surface area contributed by atoms with Crippen LogP contribution in [0.15, 0.2) is 394 Å². The summed E-state index contributed by atoms with van der Waals surface area (Å²) in [5.74, 6) is 4.85. The molecule has 0 N–H and O–H groups in total. The number of hydrogen-bond donors (Lipinski definition) is 0. The highest BCUT2D eigenvalue weighted by Crippen LogP contribution is 2.57. The Kier molecular flexibility index (Phi) is 15.3. The monoisotopic (exact) mass is 1540 g/mol. The van der Waals surface area contributed by atoms with E-state index < -0.39 is 13.4 Å². The highest BCUT2D eigenvalue weighted by Gasteiger charge is 2.55. The van der Waals surface area contributed by atoms with Crippen LogP contribution >= 0.6 is 0 Å². The summed E-state index contributed by atoms with van der Waals surface area (Å²) in [6.45, 7) is 5.88. The molecule has 0 saturated carbocycles.